The number of rotatable bonds is 6. The van der Waals surface area contributed by atoms with E-state index in [1.807, 2.05) is 60.1 Å². The van der Waals surface area contributed by atoms with Gasteiger partial charge in [0.15, 0.2) is 0 Å². The predicted octanol–water partition coefficient (Wildman–Crippen LogP) is 5.59. The highest BCUT2D eigenvalue weighted by Crippen LogP contribution is 2.25. The first kappa shape index (κ1) is 19.8. The van der Waals surface area contributed by atoms with Crippen molar-refractivity contribution in [3.63, 3.8) is 0 Å². The van der Waals surface area contributed by atoms with Crippen molar-refractivity contribution < 1.29 is 14.6 Å². The molecule has 32 heavy (non-hydrogen) atoms. The Hall–Kier alpha value is -4.12. The zero-order chi connectivity index (χ0) is 22.1. The van der Waals surface area contributed by atoms with E-state index in [-0.39, 0.29) is 0 Å². The molecular formula is C27H22N2O3. The molecule has 0 bridgehead atoms. The van der Waals surface area contributed by atoms with Crippen molar-refractivity contribution in [3.8, 4) is 5.75 Å². The molecular weight excluding hydrogens is 400 g/mol. The molecule has 0 aliphatic rings. The highest BCUT2D eigenvalue weighted by Gasteiger charge is 2.11. The van der Waals surface area contributed by atoms with Crippen LogP contribution >= 0.6 is 0 Å². The van der Waals surface area contributed by atoms with Gasteiger partial charge in [-0.15, -0.1) is 0 Å². The molecule has 2 heterocycles. The Labute approximate surface area is 185 Å². The van der Waals surface area contributed by atoms with Gasteiger partial charge in [-0.3, -0.25) is 0 Å². The predicted molar refractivity (Wildman–Crippen MR) is 125 cm³/mol. The molecule has 5 aromatic rings. The first-order chi connectivity index (χ1) is 15.6. The third-order valence-electron chi connectivity index (χ3n) is 5.68. The van der Waals surface area contributed by atoms with Gasteiger partial charge in [0.05, 0.1) is 16.8 Å². The Morgan fingerprint density at radius 3 is 2.62 bits per heavy atom. The number of pyridine rings is 1. The van der Waals surface area contributed by atoms with Crippen LogP contribution in [0.3, 0.4) is 0 Å². The Kier molecular flexibility index (Phi) is 5.07. The number of carboxylic acids is 1. The lowest BCUT2D eigenvalue weighted by molar-refractivity contribution is 0.0697. The summed E-state index contributed by atoms with van der Waals surface area (Å²) in [6.07, 6.45) is 2.82. The number of nitrogens with zero attached hydrogens (tertiary/aromatic N) is 2. The molecule has 0 atom stereocenters. The molecule has 5 rings (SSSR count). The van der Waals surface area contributed by atoms with E-state index >= 15 is 0 Å². The zero-order valence-electron chi connectivity index (χ0n) is 17.7. The summed E-state index contributed by atoms with van der Waals surface area (Å²) in [5.41, 5.74) is 5.40. The van der Waals surface area contributed by atoms with Gasteiger partial charge in [0.25, 0.3) is 0 Å². The Morgan fingerprint density at radius 1 is 1.00 bits per heavy atom. The van der Waals surface area contributed by atoms with Gasteiger partial charge in [0, 0.05) is 29.5 Å². The number of carbonyl (C=O) groups is 1. The first-order valence-corrected chi connectivity index (χ1v) is 10.4. The number of aromatic nitrogens is 2. The number of fused-ring (bicyclic) bond motifs is 2. The summed E-state index contributed by atoms with van der Waals surface area (Å²) >= 11 is 0. The van der Waals surface area contributed by atoms with Crippen molar-refractivity contribution in [3.05, 3.63) is 107 Å². The van der Waals surface area contributed by atoms with Gasteiger partial charge >= 0.3 is 5.97 Å². The smallest absolute Gasteiger partial charge is 0.335 e. The molecule has 1 N–H and O–H groups in total. The molecule has 0 aliphatic heterocycles. The lowest BCUT2D eigenvalue weighted by atomic mass is 10.0. The topological polar surface area (TPSA) is 64.4 Å². The minimum absolute atomic E-state index is 0.299. The van der Waals surface area contributed by atoms with Crippen LogP contribution in [0.2, 0.25) is 0 Å². The minimum atomic E-state index is -0.913. The second-order valence-corrected chi connectivity index (χ2v) is 7.91. The molecule has 0 amide bonds. The maximum absolute atomic E-state index is 11.3. The summed E-state index contributed by atoms with van der Waals surface area (Å²) < 4.78 is 7.91. The molecule has 0 saturated carbocycles. The van der Waals surface area contributed by atoms with Crippen molar-refractivity contribution in [1.29, 1.82) is 0 Å². The third kappa shape index (κ3) is 3.93. The quantitative estimate of drug-likeness (QED) is 0.387. The van der Waals surface area contributed by atoms with E-state index in [1.54, 1.807) is 12.1 Å². The third-order valence-corrected chi connectivity index (χ3v) is 5.68. The lowest BCUT2D eigenvalue weighted by Crippen LogP contribution is -1.98. The van der Waals surface area contributed by atoms with Crippen LogP contribution in [0.15, 0.2) is 85.1 Å². The van der Waals surface area contributed by atoms with E-state index in [4.69, 9.17) is 4.74 Å². The highest BCUT2D eigenvalue weighted by molar-refractivity contribution is 5.94. The monoisotopic (exact) mass is 422 g/mol. The van der Waals surface area contributed by atoms with Crippen LogP contribution in [0.5, 0.6) is 5.75 Å². The molecule has 0 spiro atoms. The summed E-state index contributed by atoms with van der Waals surface area (Å²) in [6.45, 7) is 0.416. The number of ether oxygens (including phenoxy) is 1. The maximum atomic E-state index is 11.3. The van der Waals surface area contributed by atoms with Crippen molar-refractivity contribution in [1.82, 2.24) is 9.55 Å². The molecule has 3 aromatic carbocycles. The van der Waals surface area contributed by atoms with E-state index in [0.29, 0.717) is 12.2 Å². The normalized spacial score (nSPS) is 11.2. The summed E-state index contributed by atoms with van der Waals surface area (Å²) in [7, 11) is 1.94. The number of hydrogen-bond donors (Lipinski definition) is 1. The molecule has 0 saturated heterocycles. The number of aromatic carboxylic acids is 1. The molecule has 0 fully saturated rings. The summed E-state index contributed by atoms with van der Waals surface area (Å²) in [6, 6.07) is 25.5. The van der Waals surface area contributed by atoms with Crippen molar-refractivity contribution in [2.45, 2.75) is 13.0 Å². The molecule has 0 radical (unpaired) electrons. The van der Waals surface area contributed by atoms with Crippen molar-refractivity contribution >= 4 is 27.8 Å². The van der Waals surface area contributed by atoms with E-state index in [0.717, 1.165) is 50.8 Å². The van der Waals surface area contributed by atoms with Gasteiger partial charge < -0.3 is 14.4 Å². The molecule has 5 nitrogen and oxygen atoms in total. The summed E-state index contributed by atoms with van der Waals surface area (Å²) in [4.78, 5) is 15.9. The van der Waals surface area contributed by atoms with E-state index in [2.05, 4.69) is 29.4 Å². The van der Waals surface area contributed by atoms with Gasteiger partial charge in [-0.25, -0.2) is 9.78 Å². The molecule has 0 aliphatic carbocycles. The fourth-order valence-corrected chi connectivity index (χ4v) is 4.01. The maximum Gasteiger partial charge on any atom is 0.335 e. The molecule has 0 unspecified atom stereocenters. The second kappa shape index (κ2) is 8.19. The van der Waals surface area contributed by atoms with Gasteiger partial charge in [0.1, 0.15) is 12.4 Å². The van der Waals surface area contributed by atoms with Crippen LogP contribution in [0.4, 0.5) is 0 Å². The van der Waals surface area contributed by atoms with Crippen LogP contribution in [0.25, 0.3) is 21.8 Å². The van der Waals surface area contributed by atoms with E-state index < -0.39 is 5.97 Å². The largest absolute Gasteiger partial charge is 0.487 e. The summed E-state index contributed by atoms with van der Waals surface area (Å²) in [5, 5.41) is 11.4. The van der Waals surface area contributed by atoms with Gasteiger partial charge in [-0.05, 0) is 53.9 Å². The van der Waals surface area contributed by atoms with Gasteiger partial charge in [-0.2, -0.15) is 0 Å². The number of hydrogen-bond acceptors (Lipinski definition) is 3. The second-order valence-electron chi connectivity index (χ2n) is 7.91. The van der Waals surface area contributed by atoms with Crippen LogP contribution in [-0.2, 0) is 20.1 Å². The van der Waals surface area contributed by atoms with Crippen LogP contribution in [0, 0.1) is 0 Å². The average Bonchev–Trinajstić information content (AvgIpc) is 3.13. The highest BCUT2D eigenvalue weighted by atomic mass is 16.5. The average molecular weight is 422 g/mol. The Balaban J connectivity index is 1.29. The van der Waals surface area contributed by atoms with Crippen molar-refractivity contribution in [2.24, 2.45) is 7.05 Å². The standard InChI is InChI=1S/C27H22N2O3/c1-29-16-21(24-13-9-20(27(30)31)15-26(24)29)14-18-6-11-23(12-7-18)32-17-22-10-8-19-4-2-3-5-25(19)28-22/h2-13,15-16H,14,17H2,1H3,(H,30,31). The van der Waals surface area contributed by atoms with Gasteiger partial charge in [-0.1, -0.05) is 42.5 Å². The number of carboxylic acid groups (broad SMARTS) is 1. The van der Waals surface area contributed by atoms with E-state index in [9.17, 15) is 9.90 Å². The fraction of sp³-hybridized carbons (Fsp3) is 0.111. The molecule has 2 aromatic heterocycles. The zero-order valence-corrected chi connectivity index (χ0v) is 17.7. The lowest BCUT2D eigenvalue weighted by Gasteiger charge is -2.08. The summed E-state index contributed by atoms with van der Waals surface area (Å²) in [5.74, 6) is -0.114. The Morgan fingerprint density at radius 2 is 1.81 bits per heavy atom. The fourth-order valence-electron chi connectivity index (χ4n) is 4.01. The SMILES string of the molecule is Cn1cc(Cc2ccc(OCc3ccc4ccccc4n3)cc2)c2ccc(C(=O)O)cc21. The van der Waals surface area contributed by atoms with Crippen LogP contribution in [0.1, 0.15) is 27.2 Å². The Bertz CT molecular complexity index is 1440. The van der Waals surface area contributed by atoms with Gasteiger partial charge in [0.2, 0.25) is 0 Å². The molecule has 158 valence electrons. The first-order valence-electron chi connectivity index (χ1n) is 10.4. The number of benzene rings is 3. The van der Waals surface area contributed by atoms with E-state index in [1.165, 1.54) is 0 Å². The number of aryl methyl sites for hydroxylation is 1. The van der Waals surface area contributed by atoms with Crippen LogP contribution < -0.4 is 4.74 Å². The number of para-hydroxylation sites is 1. The minimum Gasteiger partial charge on any atom is -0.487 e. The van der Waals surface area contributed by atoms with Crippen LogP contribution in [-0.4, -0.2) is 20.6 Å². The van der Waals surface area contributed by atoms with Crippen molar-refractivity contribution in [2.75, 3.05) is 0 Å². The molecule has 5 heteroatoms.